The first-order valence-corrected chi connectivity index (χ1v) is 6.85. The van der Waals surface area contributed by atoms with E-state index in [4.69, 9.17) is 0 Å². The van der Waals surface area contributed by atoms with Crippen molar-refractivity contribution in [3.63, 3.8) is 0 Å². The summed E-state index contributed by atoms with van der Waals surface area (Å²) in [5, 5.41) is 6.30. The van der Waals surface area contributed by atoms with Crippen LogP contribution in [0.2, 0.25) is 0 Å². The maximum absolute atomic E-state index is 11.9. The Hall–Kier alpha value is -1.36. The van der Waals surface area contributed by atoms with E-state index >= 15 is 0 Å². The molecule has 5 nitrogen and oxygen atoms in total. The molecule has 3 N–H and O–H groups in total. The molecule has 1 fully saturated rings. The number of carbonyl (C=O) groups is 1. The molecule has 1 aliphatic rings. The van der Waals surface area contributed by atoms with Gasteiger partial charge in [0.2, 0.25) is 5.91 Å². The van der Waals surface area contributed by atoms with Gasteiger partial charge in [0.15, 0.2) is 0 Å². The molecule has 1 aromatic heterocycles. The van der Waals surface area contributed by atoms with Gasteiger partial charge in [-0.05, 0) is 25.8 Å². The highest BCUT2D eigenvalue weighted by atomic mass is 16.2. The first kappa shape index (κ1) is 13.1. The zero-order valence-corrected chi connectivity index (χ0v) is 10.7. The number of nitrogens with zero attached hydrogens (tertiary/aromatic N) is 1. The average Bonchev–Trinajstić information content (AvgIpc) is 2.74. The molecule has 0 bridgehead atoms. The van der Waals surface area contributed by atoms with Crippen molar-refractivity contribution < 1.29 is 4.79 Å². The van der Waals surface area contributed by atoms with Crippen molar-refractivity contribution in [3.8, 4) is 0 Å². The Morgan fingerprint density at radius 3 is 3.22 bits per heavy atom. The lowest BCUT2D eigenvalue weighted by atomic mass is 10.1. The van der Waals surface area contributed by atoms with Crippen LogP contribution < -0.4 is 10.6 Å². The summed E-state index contributed by atoms with van der Waals surface area (Å²) in [6.07, 6.45) is 9.91. The van der Waals surface area contributed by atoms with E-state index in [1.165, 1.54) is 12.8 Å². The predicted octanol–water partition coefficient (Wildman–Crippen LogP) is 0.991. The van der Waals surface area contributed by atoms with Gasteiger partial charge >= 0.3 is 0 Å². The van der Waals surface area contributed by atoms with Crippen LogP contribution in [0.25, 0.3) is 0 Å². The highest BCUT2D eigenvalue weighted by Gasteiger charge is 2.18. The minimum Gasteiger partial charge on any atom is -0.355 e. The molecule has 100 valence electrons. The van der Waals surface area contributed by atoms with E-state index in [2.05, 4.69) is 20.6 Å². The molecule has 0 saturated carbocycles. The summed E-state index contributed by atoms with van der Waals surface area (Å²) in [6.45, 7) is 1.68. The minimum absolute atomic E-state index is 0.0103. The van der Waals surface area contributed by atoms with Gasteiger partial charge in [-0.25, -0.2) is 4.98 Å². The molecule has 0 radical (unpaired) electrons. The fourth-order valence-corrected chi connectivity index (χ4v) is 2.28. The van der Waals surface area contributed by atoms with E-state index in [-0.39, 0.29) is 11.9 Å². The molecular weight excluding hydrogens is 228 g/mol. The molecule has 1 unspecified atom stereocenters. The van der Waals surface area contributed by atoms with E-state index in [1.807, 2.05) is 6.20 Å². The lowest BCUT2D eigenvalue weighted by Gasteiger charge is -2.15. The molecule has 1 aromatic rings. The Labute approximate surface area is 108 Å². The lowest BCUT2D eigenvalue weighted by Crippen LogP contribution is -2.44. The smallest absolute Gasteiger partial charge is 0.237 e. The molecule has 5 heteroatoms. The molecule has 1 atom stereocenters. The van der Waals surface area contributed by atoms with Gasteiger partial charge < -0.3 is 15.6 Å². The highest BCUT2D eigenvalue weighted by Crippen LogP contribution is 2.08. The number of imidazole rings is 1. The van der Waals surface area contributed by atoms with Crippen LogP contribution in [0.15, 0.2) is 12.4 Å². The summed E-state index contributed by atoms with van der Waals surface area (Å²) in [5.74, 6) is 1.13. The van der Waals surface area contributed by atoms with Crippen molar-refractivity contribution >= 4 is 5.91 Å². The van der Waals surface area contributed by atoms with E-state index in [9.17, 15) is 4.79 Å². The predicted molar refractivity (Wildman–Crippen MR) is 70.2 cm³/mol. The number of rotatable bonds is 5. The molecule has 1 aliphatic heterocycles. The van der Waals surface area contributed by atoms with E-state index in [1.54, 1.807) is 6.20 Å². The molecule has 1 saturated heterocycles. The second-order valence-corrected chi connectivity index (χ2v) is 4.79. The second kappa shape index (κ2) is 7.16. The second-order valence-electron chi connectivity index (χ2n) is 4.79. The van der Waals surface area contributed by atoms with E-state index < -0.39 is 0 Å². The van der Waals surface area contributed by atoms with Crippen LogP contribution in [0.4, 0.5) is 0 Å². The number of amides is 1. The van der Waals surface area contributed by atoms with Gasteiger partial charge in [-0.1, -0.05) is 12.8 Å². The Morgan fingerprint density at radius 2 is 2.39 bits per heavy atom. The fourth-order valence-electron chi connectivity index (χ4n) is 2.28. The maximum Gasteiger partial charge on any atom is 0.237 e. The van der Waals surface area contributed by atoms with Gasteiger partial charge in [0, 0.05) is 25.4 Å². The van der Waals surface area contributed by atoms with Crippen LogP contribution in [-0.2, 0) is 11.2 Å². The van der Waals surface area contributed by atoms with Crippen LogP contribution >= 0.6 is 0 Å². The lowest BCUT2D eigenvalue weighted by molar-refractivity contribution is -0.123. The van der Waals surface area contributed by atoms with Crippen molar-refractivity contribution in [1.82, 2.24) is 20.6 Å². The van der Waals surface area contributed by atoms with Crippen LogP contribution in [0.5, 0.6) is 0 Å². The Bertz CT molecular complexity index is 342. The van der Waals surface area contributed by atoms with Crippen LogP contribution in [-0.4, -0.2) is 35.0 Å². The van der Waals surface area contributed by atoms with Gasteiger partial charge in [0.25, 0.3) is 0 Å². The summed E-state index contributed by atoms with van der Waals surface area (Å²) in [7, 11) is 0. The van der Waals surface area contributed by atoms with Gasteiger partial charge in [-0.3, -0.25) is 4.79 Å². The van der Waals surface area contributed by atoms with Crippen LogP contribution in [0.1, 0.15) is 37.9 Å². The third-order valence-corrected chi connectivity index (χ3v) is 3.32. The summed E-state index contributed by atoms with van der Waals surface area (Å²) in [4.78, 5) is 19.1. The molecule has 0 aromatic carbocycles. The number of hydrogen-bond donors (Lipinski definition) is 3. The van der Waals surface area contributed by atoms with E-state index in [0.717, 1.165) is 44.6 Å². The van der Waals surface area contributed by atoms with E-state index in [0.29, 0.717) is 0 Å². The minimum atomic E-state index is 0.0103. The average molecular weight is 250 g/mol. The molecule has 0 aliphatic carbocycles. The Kier molecular flexibility index (Phi) is 5.20. The molecule has 2 rings (SSSR count). The Balaban J connectivity index is 1.61. The number of aryl methyl sites for hydroxylation is 1. The Morgan fingerprint density at radius 1 is 1.44 bits per heavy atom. The standard InChI is InChI=1S/C13H22N4O/c18-13(11-5-2-1-3-7-14-11)17-8-4-6-12-15-9-10-16-12/h9-11,14H,1-8H2,(H,15,16)(H,17,18). The summed E-state index contributed by atoms with van der Waals surface area (Å²) < 4.78 is 0. The number of hydrogen-bond acceptors (Lipinski definition) is 3. The van der Waals surface area contributed by atoms with Crippen molar-refractivity contribution in [2.75, 3.05) is 13.1 Å². The molecule has 1 amide bonds. The zero-order valence-electron chi connectivity index (χ0n) is 10.7. The summed E-state index contributed by atoms with van der Waals surface area (Å²) in [5.41, 5.74) is 0. The number of H-pyrrole nitrogens is 1. The number of aromatic amines is 1. The molecular formula is C13H22N4O. The van der Waals surface area contributed by atoms with Crippen LogP contribution in [0.3, 0.4) is 0 Å². The van der Waals surface area contributed by atoms with Crippen LogP contribution in [0, 0.1) is 0 Å². The maximum atomic E-state index is 11.9. The van der Waals surface area contributed by atoms with Gasteiger partial charge in [0.1, 0.15) is 5.82 Å². The molecule has 2 heterocycles. The highest BCUT2D eigenvalue weighted by molar-refractivity contribution is 5.81. The van der Waals surface area contributed by atoms with Gasteiger partial charge in [0.05, 0.1) is 6.04 Å². The van der Waals surface area contributed by atoms with Crippen molar-refractivity contribution in [2.24, 2.45) is 0 Å². The molecule has 18 heavy (non-hydrogen) atoms. The number of nitrogens with one attached hydrogen (secondary N) is 3. The third-order valence-electron chi connectivity index (χ3n) is 3.32. The van der Waals surface area contributed by atoms with Crippen molar-refractivity contribution in [3.05, 3.63) is 18.2 Å². The SMILES string of the molecule is O=C(NCCCc1ncc[nH]1)C1CCCCCN1. The topological polar surface area (TPSA) is 69.8 Å². The first-order valence-electron chi connectivity index (χ1n) is 6.85. The summed E-state index contributed by atoms with van der Waals surface area (Å²) in [6, 6.07) is 0.0103. The van der Waals surface area contributed by atoms with Gasteiger partial charge in [-0.2, -0.15) is 0 Å². The molecule has 0 spiro atoms. The quantitative estimate of drug-likeness (QED) is 0.683. The zero-order chi connectivity index (χ0) is 12.6. The van der Waals surface area contributed by atoms with Crippen molar-refractivity contribution in [2.45, 2.75) is 44.6 Å². The fraction of sp³-hybridized carbons (Fsp3) is 0.692. The largest absolute Gasteiger partial charge is 0.355 e. The first-order chi connectivity index (χ1) is 8.86. The van der Waals surface area contributed by atoms with Crippen molar-refractivity contribution in [1.29, 1.82) is 0 Å². The van der Waals surface area contributed by atoms with Gasteiger partial charge in [-0.15, -0.1) is 0 Å². The normalized spacial score (nSPS) is 20.3. The third kappa shape index (κ3) is 4.14. The number of aromatic nitrogens is 2. The summed E-state index contributed by atoms with van der Waals surface area (Å²) >= 11 is 0. The monoisotopic (exact) mass is 250 g/mol. The number of carbonyl (C=O) groups excluding carboxylic acids is 1.